The van der Waals surface area contributed by atoms with Crippen LogP contribution in [0.3, 0.4) is 0 Å². The number of nitrogens with zero attached hydrogens (tertiary/aromatic N) is 1. The summed E-state index contributed by atoms with van der Waals surface area (Å²) in [5, 5.41) is 9.31. The van der Waals surface area contributed by atoms with Crippen molar-refractivity contribution in [3.63, 3.8) is 0 Å². The zero-order valence-corrected chi connectivity index (χ0v) is 18.5. The molecule has 0 aliphatic rings. The minimum atomic E-state index is -0.230. The number of carbonyl (C=O) groups excluding carboxylic acids is 1. The van der Waals surface area contributed by atoms with Crippen LogP contribution in [0.15, 0.2) is 35.3 Å². The molecule has 5 nitrogen and oxygen atoms in total. The molecule has 6 heteroatoms. The van der Waals surface area contributed by atoms with E-state index in [1.165, 1.54) is 5.56 Å². The fraction of sp³-hybridized carbons (Fsp3) is 0.579. The predicted molar refractivity (Wildman–Crippen MR) is 117 cm³/mol. The van der Waals surface area contributed by atoms with E-state index in [1.54, 1.807) is 7.05 Å². The average Bonchev–Trinajstić information content (AvgIpc) is 2.49. The third kappa shape index (κ3) is 9.67. The van der Waals surface area contributed by atoms with Crippen molar-refractivity contribution >= 4 is 35.8 Å². The molecule has 0 radical (unpaired) electrons. The number of benzene rings is 1. The Morgan fingerprint density at radius 3 is 2.20 bits per heavy atom. The zero-order valence-electron chi connectivity index (χ0n) is 16.2. The molecule has 0 bridgehead atoms. The number of amides is 1. The molecule has 0 aliphatic heterocycles. The van der Waals surface area contributed by atoms with Crippen LogP contribution in [0.2, 0.25) is 0 Å². The summed E-state index contributed by atoms with van der Waals surface area (Å²) in [5.74, 6) is 1.48. The Morgan fingerprint density at radius 1 is 1.12 bits per heavy atom. The average molecular weight is 460 g/mol. The van der Waals surface area contributed by atoms with Gasteiger partial charge in [0.25, 0.3) is 0 Å². The van der Waals surface area contributed by atoms with Crippen LogP contribution in [-0.4, -0.2) is 37.5 Å². The van der Waals surface area contributed by atoms with E-state index in [1.807, 2.05) is 26.8 Å². The Labute approximate surface area is 169 Å². The van der Waals surface area contributed by atoms with Crippen molar-refractivity contribution in [1.82, 2.24) is 16.0 Å². The second kappa shape index (κ2) is 11.3. The highest BCUT2D eigenvalue weighted by atomic mass is 127. The van der Waals surface area contributed by atoms with Gasteiger partial charge in [0.15, 0.2) is 5.96 Å². The van der Waals surface area contributed by atoms with Gasteiger partial charge in [-0.25, -0.2) is 0 Å². The van der Waals surface area contributed by atoms with Crippen molar-refractivity contribution in [2.75, 3.05) is 20.1 Å². The molecule has 1 atom stereocenters. The highest BCUT2D eigenvalue weighted by molar-refractivity contribution is 14.0. The first-order chi connectivity index (χ1) is 11.2. The molecule has 1 amide bonds. The number of hydrogen-bond donors (Lipinski definition) is 3. The lowest BCUT2D eigenvalue weighted by Crippen LogP contribution is -2.48. The molecule has 0 saturated heterocycles. The van der Waals surface area contributed by atoms with Crippen LogP contribution in [-0.2, 0) is 4.79 Å². The van der Waals surface area contributed by atoms with Gasteiger partial charge < -0.3 is 16.0 Å². The van der Waals surface area contributed by atoms with Gasteiger partial charge >= 0.3 is 0 Å². The van der Waals surface area contributed by atoms with Crippen LogP contribution >= 0.6 is 24.0 Å². The minimum absolute atomic E-state index is 0. The SMILES string of the molecule is CN=C(NCC(=O)NC(C)(C)C)NCC(c1ccccc1)C(C)C.I. The van der Waals surface area contributed by atoms with E-state index >= 15 is 0 Å². The molecule has 0 fully saturated rings. The van der Waals surface area contributed by atoms with Crippen LogP contribution in [0.5, 0.6) is 0 Å². The molecular formula is C19H33IN4O. The summed E-state index contributed by atoms with van der Waals surface area (Å²) in [4.78, 5) is 16.1. The smallest absolute Gasteiger partial charge is 0.239 e. The van der Waals surface area contributed by atoms with Crippen LogP contribution < -0.4 is 16.0 Å². The Balaban J connectivity index is 0.00000576. The number of hydrogen-bond acceptors (Lipinski definition) is 2. The van der Waals surface area contributed by atoms with Gasteiger partial charge in [-0.2, -0.15) is 0 Å². The first kappa shape index (κ1) is 23.7. The first-order valence-corrected chi connectivity index (χ1v) is 8.53. The third-order valence-electron chi connectivity index (χ3n) is 3.68. The van der Waals surface area contributed by atoms with Gasteiger partial charge in [-0.05, 0) is 32.3 Å². The predicted octanol–water partition coefficient (Wildman–Crippen LogP) is 3.12. The maximum Gasteiger partial charge on any atom is 0.239 e. The van der Waals surface area contributed by atoms with Crippen LogP contribution in [0.25, 0.3) is 0 Å². The van der Waals surface area contributed by atoms with Crippen LogP contribution in [0.1, 0.15) is 46.1 Å². The van der Waals surface area contributed by atoms with Crippen LogP contribution in [0, 0.1) is 5.92 Å². The van der Waals surface area contributed by atoms with Gasteiger partial charge in [-0.3, -0.25) is 9.79 Å². The number of halogens is 1. The Hall–Kier alpha value is -1.31. The summed E-state index contributed by atoms with van der Waals surface area (Å²) < 4.78 is 0. The molecule has 1 aromatic rings. The summed E-state index contributed by atoms with van der Waals surface area (Å²) in [6.45, 7) is 11.3. The molecule has 0 heterocycles. The van der Waals surface area contributed by atoms with Gasteiger partial charge in [0, 0.05) is 25.0 Å². The van der Waals surface area contributed by atoms with E-state index in [-0.39, 0.29) is 42.0 Å². The van der Waals surface area contributed by atoms with Crippen molar-refractivity contribution in [1.29, 1.82) is 0 Å². The van der Waals surface area contributed by atoms with Gasteiger partial charge in [0.2, 0.25) is 5.91 Å². The lowest BCUT2D eigenvalue weighted by molar-refractivity contribution is -0.121. The van der Waals surface area contributed by atoms with Gasteiger partial charge in [0.05, 0.1) is 6.54 Å². The van der Waals surface area contributed by atoms with Gasteiger partial charge in [-0.1, -0.05) is 44.2 Å². The maximum atomic E-state index is 11.9. The van der Waals surface area contributed by atoms with Crippen LogP contribution in [0.4, 0.5) is 0 Å². The Kier molecular flexibility index (Phi) is 10.7. The third-order valence-corrected chi connectivity index (χ3v) is 3.68. The number of aliphatic imine (C=N–C) groups is 1. The van der Waals surface area contributed by atoms with Gasteiger partial charge in [0.1, 0.15) is 0 Å². The van der Waals surface area contributed by atoms with E-state index in [9.17, 15) is 4.79 Å². The molecule has 0 aromatic heterocycles. The van der Waals surface area contributed by atoms with Crippen molar-refractivity contribution in [3.8, 4) is 0 Å². The van der Waals surface area contributed by atoms with Gasteiger partial charge in [-0.15, -0.1) is 24.0 Å². The zero-order chi connectivity index (χ0) is 18.2. The fourth-order valence-corrected chi connectivity index (χ4v) is 2.49. The summed E-state index contributed by atoms with van der Waals surface area (Å²) in [6, 6.07) is 10.5. The summed E-state index contributed by atoms with van der Waals surface area (Å²) in [6.07, 6.45) is 0. The number of carbonyl (C=O) groups is 1. The molecule has 25 heavy (non-hydrogen) atoms. The molecule has 142 valence electrons. The largest absolute Gasteiger partial charge is 0.356 e. The Bertz CT molecular complexity index is 538. The molecule has 0 aliphatic carbocycles. The van der Waals surface area contributed by atoms with Crippen molar-refractivity contribution in [2.24, 2.45) is 10.9 Å². The molecule has 1 aromatic carbocycles. The molecule has 0 saturated carbocycles. The Morgan fingerprint density at radius 2 is 1.72 bits per heavy atom. The van der Waals surface area contributed by atoms with Crippen molar-refractivity contribution in [3.05, 3.63) is 35.9 Å². The second-order valence-corrected chi connectivity index (χ2v) is 7.37. The maximum absolute atomic E-state index is 11.9. The van der Waals surface area contributed by atoms with E-state index in [0.717, 1.165) is 6.54 Å². The van der Waals surface area contributed by atoms with Crippen molar-refractivity contribution in [2.45, 2.75) is 46.1 Å². The standard InChI is InChI=1S/C19H32N4O.HI/c1-14(2)16(15-10-8-7-9-11-15)12-21-18(20-6)22-13-17(24)23-19(3,4)5;/h7-11,14,16H,12-13H2,1-6H3,(H,23,24)(H2,20,21,22);1H. The molecule has 1 rings (SSSR count). The lowest BCUT2D eigenvalue weighted by atomic mass is 9.88. The lowest BCUT2D eigenvalue weighted by Gasteiger charge is -2.24. The molecule has 3 N–H and O–H groups in total. The highest BCUT2D eigenvalue weighted by Gasteiger charge is 2.17. The number of guanidine groups is 1. The number of nitrogens with one attached hydrogen (secondary N) is 3. The molecule has 1 unspecified atom stereocenters. The molecule has 0 spiro atoms. The topological polar surface area (TPSA) is 65.5 Å². The summed E-state index contributed by atoms with van der Waals surface area (Å²) in [7, 11) is 1.71. The summed E-state index contributed by atoms with van der Waals surface area (Å²) in [5.41, 5.74) is 1.08. The first-order valence-electron chi connectivity index (χ1n) is 8.53. The van der Waals surface area contributed by atoms with E-state index in [4.69, 9.17) is 0 Å². The highest BCUT2D eigenvalue weighted by Crippen LogP contribution is 2.23. The van der Waals surface area contributed by atoms with E-state index in [2.05, 4.69) is 59.1 Å². The van der Waals surface area contributed by atoms with E-state index in [0.29, 0.717) is 17.8 Å². The fourth-order valence-electron chi connectivity index (χ4n) is 2.49. The van der Waals surface area contributed by atoms with E-state index < -0.39 is 0 Å². The monoisotopic (exact) mass is 460 g/mol. The second-order valence-electron chi connectivity index (χ2n) is 7.37. The summed E-state index contributed by atoms with van der Waals surface area (Å²) >= 11 is 0. The minimum Gasteiger partial charge on any atom is -0.356 e. The quantitative estimate of drug-likeness (QED) is 0.347. The molecular weight excluding hydrogens is 427 g/mol. The number of rotatable bonds is 6. The normalized spacial score (nSPS) is 13.0. The van der Waals surface area contributed by atoms with Crippen molar-refractivity contribution < 1.29 is 4.79 Å².